The molecule has 1 amide bonds. The van der Waals surface area contributed by atoms with E-state index in [0.29, 0.717) is 112 Å². The molecule has 22 heteroatoms. The van der Waals surface area contributed by atoms with Crippen LogP contribution in [0.15, 0.2) is 106 Å². The molecule has 424 valence electrons. The number of benzene rings is 2. The Hall–Kier alpha value is -8.67. The lowest BCUT2D eigenvalue weighted by Gasteiger charge is -2.27. The van der Waals surface area contributed by atoms with Gasteiger partial charge in [0.15, 0.2) is 22.7 Å². The molecule has 0 atom stereocenters. The van der Waals surface area contributed by atoms with Crippen LogP contribution >= 0.6 is 12.4 Å². The molecular formula is C60H61ClN10O11. The van der Waals surface area contributed by atoms with E-state index in [1.54, 1.807) is 53.8 Å². The van der Waals surface area contributed by atoms with Crippen LogP contribution < -0.4 is 35.2 Å². The van der Waals surface area contributed by atoms with E-state index < -0.39 is 5.97 Å². The molecule has 8 aromatic rings. The van der Waals surface area contributed by atoms with E-state index in [4.69, 9.17) is 37.3 Å². The molecule has 6 aromatic heterocycles. The molecule has 2 aromatic carbocycles. The summed E-state index contributed by atoms with van der Waals surface area (Å²) < 4.78 is 46.3. The van der Waals surface area contributed by atoms with Crippen molar-refractivity contribution in [3.05, 3.63) is 120 Å². The van der Waals surface area contributed by atoms with E-state index in [1.807, 2.05) is 30.3 Å². The van der Waals surface area contributed by atoms with Crippen molar-refractivity contribution in [1.82, 2.24) is 41.2 Å². The van der Waals surface area contributed by atoms with Crippen molar-refractivity contribution in [2.75, 3.05) is 66.8 Å². The molecule has 21 nitrogen and oxygen atoms in total. The summed E-state index contributed by atoms with van der Waals surface area (Å²) in [5.41, 5.74) is 16.7. The number of halogens is 1. The number of carbonyl (C=O) groups is 2. The van der Waals surface area contributed by atoms with Gasteiger partial charge in [0.25, 0.3) is 5.91 Å². The zero-order chi connectivity index (χ0) is 56.1. The van der Waals surface area contributed by atoms with E-state index in [2.05, 4.69) is 48.4 Å². The molecule has 0 saturated carbocycles. The number of aromatic nitrogens is 4. The number of furan rings is 2. The van der Waals surface area contributed by atoms with Crippen molar-refractivity contribution >= 4 is 46.5 Å². The van der Waals surface area contributed by atoms with Crippen LogP contribution in [0.5, 0.6) is 23.0 Å². The van der Waals surface area contributed by atoms with Crippen LogP contribution in [-0.2, 0) is 9.47 Å². The second kappa shape index (κ2) is 27.7. The number of nitrogens with zero attached hydrogens (tertiary/aromatic N) is 7. The van der Waals surface area contributed by atoms with Crippen LogP contribution in [0.3, 0.4) is 0 Å². The topological polar surface area (TPSA) is 274 Å². The molecule has 0 spiro atoms. The van der Waals surface area contributed by atoms with Crippen LogP contribution in [0.2, 0.25) is 0 Å². The fourth-order valence-corrected chi connectivity index (χ4v) is 9.71. The number of carboxylic acid groups (broad SMARTS) is 1. The highest BCUT2D eigenvalue weighted by atomic mass is 35.5. The lowest BCUT2D eigenvalue weighted by Crippen LogP contribution is -2.47. The van der Waals surface area contributed by atoms with Crippen LogP contribution in [-0.4, -0.2) is 121 Å². The van der Waals surface area contributed by atoms with Crippen LogP contribution in [0, 0.1) is 22.7 Å². The first-order valence-corrected chi connectivity index (χ1v) is 26.9. The number of aromatic carboxylic acids is 1. The molecular weight excluding hydrogens is 1070 g/mol. The van der Waals surface area contributed by atoms with Crippen molar-refractivity contribution < 1.29 is 52.0 Å². The Morgan fingerprint density at radius 1 is 0.610 bits per heavy atom. The predicted molar refractivity (Wildman–Crippen MR) is 305 cm³/mol. The third-order valence-electron chi connectivity index (χ3n) is 14.0. The molecule has 4 N–H and O–H groups in total. The Labute approximate surface area is 478 Å². The molecule has 4 aliphatic heterocycles. The predicted octanol–water partition coefficient (Wildman–Crippen LogP) is 9.72. The fourth-order valence-electron chi connectivity index (χ4n) is 9.71. The molecule has 0 radical (unpaired) electrons. The minimum Gasteiger partial charge on any atom is -0.494 e. The highest BCUT2D eigenvalue weighted by molar-refractivity contribution is 5.96. The molecule has 0 aliphatic carbocycles. The summed E-state index contributed by atoms with van der Waals surface area (Å²) in [6.07, 6.45) is 14.0. The Kier molecular flexibility index (Phi) is 19.6. The maximum Gasteiger partial charge on any atom is 0.337 e. The fraction of sp³-hybridized carbons (Fsp3) is 0.333. The number of rotatable bonds is 12. The number of carboxylic acids is 1. The first kappa shape index (κ1) is 58.0. The number of hydrazine groups is 2. The van der Waals surface area contributed by atoms with E-state index >= 15 is 0 Å². The van der Waals surface area contributed by atoms with Gasteiger partial charge in [-0.2, -0.15) is 10.5 Å². The first-order chi connectivity index (χ1) is 39.7. The smallest absolute Gasteiger partial charge is 0.337 e. The van der Waals surface area contributed by atoms with E-state index in [0.717, 1.165) is 80.4 Å². The number of ether oxygens (including phenoxy) is 6. The number of fused-ring (bicyclic) bond motifs is 2. The van der Waals surface area contributed by atoms with Crippen molar-refractivity contribution in [3.8, 4) is 80.3 Å². The third-order valence-corrected chi connectivity index (χ3v) is 14.0. The van der Waals surface area contributed by atoms with Gasteiger partial charge in [-0.25, -0.2) is 20.2 Å². The maximum absolute atomic E-state index is 12.9. The molecule has 4 saturated heterocycles. The Morgan fingerprint density at radius 3 is 1.51 bits per heavy atom. The number of nitrogens with one attached hydrogen (secondary N) is 3. The van der Waals surface area contributed by atoms with Crippen molar-refractivity contribution in [3.63, 3.8) is 0 Å². The number of pyridine rings is 4. The van der Waals surface area contributed by atoms with Gasteiger partial charge in [-0.15, -0.1) is 12.4 Å². The second-order valence-electron chi connectivity index (χ2n) is 19.4. The third kappa shape index (κ3) is 13.6. The first-order valence-electron chi connectivity index (χ1n) is 26.9. The molecule has 0 bridgehead atoms. The van der Waals surface area contributed by atoms with Crippen LogP contribution in [0.25, 0.3) is 67.4 Å². The van der Waals surface area contributed by atoms with Gasteiger partial charge in [-0.05, 0) is 85.3 Å². The number of hydrogen-bond acceptors (Lipinski definition) is 19. The monoisotopic (exact) mass is 1130 g/mol. The van der Waals surface area contributed by atoms with Gasteiger partial charge >= 0.3 is 5.97 Å². The van der Waals surface area contributed by atoms with Crippen LogP contribution in [0.4, 0.5) is 0 Å². The van der Waals surface area contributed by atoms with Gasteiger partial charge in [0.2, 0.25) is 0 Å². The van der Waals surface area contributed by atoms with E-state index in [1.165, 1.54) is 45.5 Å². The lowest BCUT2D eigenvalue weighted by atomic mass is 10.0. The van der Waals surface area contributed by atoms with Crippen molar-refractivity contribution in [2.45, 2.75) is 63.6 Å². The molecule has 10 heterocycles. The summed E-state index contributed by atoms with van der Waals surface area (Å²) >= 11 is 0. The molecule has 0 unspecified atom stereocenters. The highest BCUT2D eigenvalue weighted by Gasteiger charge is 2.25. The minimum atomic E-state index is -1.10. The Morgan fingerprint density at radius 2 is 1.09 bits per heavy atom. The van der Waals surface area contributed by atoms with Gasteiger partial charge in [-0.1, -0.05) is 12.1 Å². The summed E-state index contributed by atoms with van der Waals surface area (Å²) in [5.74, 6) is 1.39. The Bertz CT molecular complexity index is 3600. The SMILES string of the molecule is C1CCNNC1.COc1cc(C(=O)N2CCCCN2)cnc1-c1cc2nccc(-c3ccc(OC4CCOCC4)c(C#N)c3)c2o1.COc1cc(C(=O)O)cnc1-c1cc2nccc(-c3ccc(OC4CCOCC4)c(C#N)c3)c2o1.Cl. The van der Waals surface area contributed by atoms with Gasteiger partial charge in [0.1, 0.15) is 69.8 Å². The molecule has 12 rings (SSSR count). The van der Waals surface area contributed by atoms with E-state index in [9.17, 15) is 25.2 Å². The van der Waals surface area contributed by atoms with Gasteiger partial charge in [0, 0.05) is 99.9 Å². The maximum atomic E-state index is 12.9. The van der Waals surface area contributed by atoms with E-state index in [-0.39, 0.29) is 41.8 Å². The number of carbonyl (C=O) groups excluding carboxylic acids is 1. The summed E-state index contributed by atoms with van der Waals surface area (Å²) in [4.78, 5) is 41.9. The number of amides is 1. The molecule has 82 heavy (non-hydrogen) atoms. The second-order valence-corrected chi connectivity index (χ2v) is 19.4. The average Bonchev–Trinajstić information content (AvgIpc) is 4.24. The number of methoxy groups -OCH3 is 2. The van der Waals surface area contributed by atoms with Crippen molar-refractivity contribution in [1.29, 1.82) is 10.5 Å². The molecule has 4 fully saturated rings. The van der Waals surface area contributed by atoms with Gasteiger partial charge < -0.3 is 42.4 Å². The van der Waals surface area contributed by atoms with Crippen LogP contribution in [0.1, 0.15) is 83.2 Å². The summed E-state index contributed by atoms with van der Waals surface area (Å²) in [5, 5.41) is 30.4. The zero-order valence-electron chi connectivity index (χ0n) is 45.3. The minimum absolute atomic E-state index is 0. The highest BCUT2D eigenvalue weighted by Crippen LogP contribution is 2.40. The number of hydrogen-bond donors (Lipinski definition) is 4. The zero-order valence-corrected chi connectivity index (χ0v) is 46.1. The normalized spacial score (nSPS) is 15.5. The lowest BCUT2D eigenvalue weighted by molar-refractivity contribution is 0.0252. The average molecular weight is 1130 g/mol. The standard InChI is InChI=1S/C30H29N5O5.C26H21N3O6.C4H10N2.ClH/c1-37-26-15-21(30(36)35-11-3-2-9-34-35)18-33-28(26)27-16-24-29(40-27)23(6-10-32-24)19-4-5-25(20(14-19)17-31)39-22-7-12-38-13-8-22;1-32-22-11-17(26(30)31)14-29-24(22)23-12-20-25(35-23)19(4-7-28-20)15-2-3-21(16(10-15)13-27)34-18-5-8-33-9-6-18;1-2-4-6-5-3-1;/h4-6,10,14-16,18,22,34H,2-3,7-9,11-13H2,1H3;2-4,7,10-12,14,18H,5-6,8-9H2,1H3,(H,30,31);5-6H,1-4H2;1H. The summed E-state index contributed by atoms with van der Waals surface area (Å²) in [6.45, 7) is 6.32. The summed E-state index contributed by atoms with van der Waals surface area (Å²) in [6, 6.07) is 25.7. The largest absolute Gasteiger partial charge is 0.494 e. The van der Waals surface area contributed by atoms with Crippen molar-refractivity contribution in [2.24, 2.45) is 0 Å². The van der Waals surface area contributed by atoms with Gasteiger partial charge in [-0.3, -0.25) is 30.6 Å². The van der Waals surface area contributed by atoms with Gasteiger partial charge in [0.05, 0.1) is 62.9 Å². The Balaban J connectivity index is 0.000000178. The number of nitriles is 2. The summed E-state index contributed by atoms with van der Waals surface area (Å²) in [7, 11) is 2.97. The quantitative estimate of drug-likeness (QED) is 0.0885. The molecule has 4 aliphatic rings.